The number of rotatable bonds is 7. The first kappa shape index (κ1) is 16.7. The van der Waals surface area contributed by atoms with Crippen molar-refractivity contribution in [2.75, 3.05) is 0 Å². The Labute approximate surface area is 135 Å². The Kier molecular flexibility index (Phi) is 5.88. The van der Waals surface area contributed by atoms with Gasteiger partial charge in [-0.1, -0.05) is 60.7 Å². The number of hydrogen-bond acceptors (Lipinski definition) is 3. The quantitative estimate of drug-likeness (QED) is 0.722. The van der Waals surface area contributed by atoms with E-state index in [0.29, 0.717) is 0 Å². The molecular weight excluding hydrogens is 290 g/mol. The molecule has 0 aliphatic heterocycles. The van der Waals surface area contributed by atoms with Gasteiger partial charge < -0.3 is 16.8 Å². The van der Waals surface area contributed by atoms with Gasteiger partial charge in [0.1, 0.15) is 0 Å². The summed E-state index contributed by atoms with van der Waals surface area (Å²) in [6.45, 7) is 0. The molecule has 2 aromatic carbocycles. The lowest BCUT2D eigenvalue weighted by atomic mass is 9.98. The normalized spacial score (nSPS) is 11.9. The predicted octanol–water partition coefficient (Wildman–Crippen LogP) is 1.49. The van der Waals surface area contributed by atoms with Gasteiger partial charge in [-0.25, -0.2) is 0 Å². The van der Waals surface area contributed by atoms with E-state index in [9.17, 15) is 9.59 Å². The van der Waals surface area contributed by atoms with Gasteiger partial charge in [-0.2, -0.15) is 0 Å². The van der Waals surface area contributed by atoms with E-state index < -0.39 is 11.9 Å². The maximum absolute atomic E-state index is 12.3. The van der Waals surface area contributed by atoms with Gasteiger partial charge >= 0.3 is 0 Å². The summed E-state index contributed by atoms with van der Waals surface area (Å²) in [5.41, 5.74) is 12.9. The Morgan fingerprint density at radius 2 is 1.39 bits per heavy atom. The van der Waals surface area contributed by atoms with E-state index >= 15 is 0 Å². The maximum atomic E-state index is 12.3. The molecule has 0 heterocycles. The molecule has 0 saturated heterocycles. The second-order valence-electron chi connectivity index (χ2n) is 5.37. The highest BCUT2D eigenvalue weighted by atomic mass is 16.2. The van der Waals surface area contributed by atoms with Crippen LogP contribution in [0.4, 0.5) is 0 Å². The fraction of sp³-hybridized carbons (Fsp3) is 0.222. The van der Waals surface area contributed by atoms with Crippen molar-refractivity contribution in [3.05, 3.63) is 71.8 Å². The molecular formula is C18H21N3O2. The van der Waals surface area contributed by atoms with Gasteiger partial charge in [-0.05, 0) is 17.5 Å². The van der Waals surface area contributed by atoms with E-state index in [2.05, 4.69) is 5.32 Å². The first-order valence-corrected chi connectivity index (χ1v) is 7.52. The van der Waals surface area contributed by atoms with Crippen LogP contribution in [-0.4, -0.2) is 17.9 Å². The van der Waals surface area contributed by atoms with Crippen molar-refractivity contribution in [2.45, 2.75) is 24.9 Å². The minimum atomic E-state index is -0.766. The minimum Gasteiger partial charge on any atom is -0.370 e. The van der Waals surface area contributed by atoms with Crippen molar-refractivity contribution in [3.8, 4) is 0 Å². The largest absolute Gasteiger partial charge is 0.370 e. The van der Waals surface area contributed by atoms with Crippen LogP contribution < -0.4 is 16.8 Å². The Hall–Kier alpha value is -2.66. The van der Waals surface area contributed by atoms with Gasteiger partial charge in [0.05, 0.1) is 12.1 Å². The van der Waals surface area contributed by atoms with Crippen molar-refractivity contribution in [3.63, 3.8) is 0 Å². The lowest BCUT2D eigenvalue weighted by molar-refractivity contribution is -0.123. The Morgan fingerprint density at radius 3 is 1.83 bits per heavy atom. The molecule has 0 aliphatic rings. The average Bonchev–Trinajstić information content (AvgIpc) is 2.58. The summed E-state index contributed by atoms with van der Waals surface area (Å²) in [7, 11) is 0. The zero-order valence-corrected chi connectivity index (χ0v) is 12.8. The highest BCUT2D eigenvalue weighted by Crippen LogP contribution is 2.21. The van der Waals surface area contributed by atoms with Gasteiger partial charge in [-0.15, -0.1) is 0 Å². The summed E-state index contributed by atoms with van der Waals surface area (Å²) in [4.78, 5) is 23.2. The molecule has 5 N–H and O–H groups in total. The number of carbonyl (C=O) groups excluding carboxylic acids is 2. The van der Waals surface area contributed by atoms with E-state index in [0.717, 1.165) is 11.1 Å². The molecule has 5 nitrogen and oxygen atoms in total. The summed E-state index contributed by atoms with van der Waals surface area (Å²) in [6.07, 6.45) is 0.327. The molecule has 1 unspecified atom stereocenters. The molecule has 2 amide bonds. The third kappa shape index (κ3) is 4.93. The van der Waals surface area contributed by atoms with Gasteiger partial charge in [0.25, 0.3) is 0 Å². The lowest BCUT2D eigenvalue weighted by Gasteiger charge is -2.22. The molecule has 0 aliphatic carbocycles. The fourth-order valence-corrected chi connectivity index (χ4v) is 2.33. The topological polar surface area (TPSA) is 98.2 Å². The second-order valence-corrected chi connectivity index (χ2v) is 5.37. The SMILES string of the molecule is NC(=O)CCC(N)C(=O)NC(c1ccccc1)c1ccccc1. The maximum Gasteiger partial charge on any atom is 0.237 e. The molecule has 0 bridgehead atoms. The van der Waals surface area contributed by atoms with Crippen molar-refractivity contribution < 1.29 is 9.59 Å². The van der Waals surface area contributed by atoms with Gasteiger partial charge in [0.2, 0.25) is 11.8 Å². The molecule has 0 aromatic heterocycles. The average molecular weight is 311 g/mol. The van der Waals surface area contributed by atoms with Crippen molar-refractivity contribution in [1.82, 2.24) is 5.32 Å². The summed E-state index contributed by atoms with van der Waals surface area (Å²) < 4.78 is 0. The monoisotopic (exact) mass is 311 g/mol. The molecule has 120 valence electrons. The van der Waals surface area contributed by atoms with E-state index in [4.69, 9.17) is 11.5 Å². The summed E-state index contributed by atoms with van der Waals surface area (Å²) >= 11 is 0. The van der Waals surface area contributed by atoms with Crippen molar-refractivity contribution in [2.24, 2.45) is 11.5 Å². The third-order valence-corrected chi connectivity index (χ3v) is 3.59. The highest BCUT2D eigenvalue weighted by Gasteiger charge is 2.20. The summed E-state index contributed by atoms with van der Waals surface area (Å²) in [5.74, 6) is -0.764. The summed E-state index contributed by atoms with van der Waals surface area (Å²) in [6, 6.07) is 18.3. The highest BCUT2D eigenvalue weighted by molar-refractivity contribution is 5.83. The van der Waals surface area contributed by atoms with Crippen LogP contribution in [0.1, 0.15) is 30.0 Å². The zero-order chi connectivity index (χ0) is 16.7. The molecule has 1 atom stereocenters. The first-order chi connectivity index (χ1) is 11.1. The van der Waals surface area contributed by atoms with Crippen LogP contribution in [0.5, 0.6) is 0 Å². The standard InChI is InChI=1S/C18H21N3O2/c19-15(11-12-16(20)22)18(23)21-17(13-7-3-1-4-8-13)14-9-5-2-6-10-14/h1-10,15,17H,11-12,19H2,(H2,20,22)(H,21,23). The molecule has 2 aromatic rings. The number of carbonyl (C=O) groups is 2. The van der Waals surface area contributed by atoms with Crippen molar-refractivity contribution in [1.29, 1.82) is 0 Å². The minimum absolute atomic E-state index is 0.0932. The van der Waals surface area contributed by atoms with Crippen LogP contribution in [0.2, 0.25) is 0 Å². The fourth-order valence-electron chi connectivity index (χ4n) is 2.33. The van der Waals surface area contributed by atoms with Crippen LogP contribution >= 0.6 is 0 Å². The van der Waals surface area contributed by atoms with E-state index in [1.54, 1.807) is 0 Å². The molecule has 0 saturated carbocycles. The Morgan fingerprint density at radius 1 is 0.913 bits per heavy atom. The number of amides is 2. The van der Waals surface area contributed by atoms with Gasteiger partial charge in [0, 0.05) is 6.42 Å². The number of nitrogens with one attached hydrogen (secondary N) is 1. The van der Waals surface area contributed by atoms with Crippen LogP contribution in [0.3, 0.4) is 0 Å². The molecule has 2 rings (SSSR count). The molecule has 0 radical (unpaired) electrons. The van der Waals surface area contributed by atoms with Crippen LogP contribution in [-0.2, 0) is 9.59 Å². The van der Waals surface area contributed by atoms with Crippen LogP contribution in [0, 0.1) is 0 Å². The molecule has 0 spiro atoms. The number of hydrogen-bond donors (Lipinski definition) is 3. The number of nitrogens with two attached hydrogens (primary N) is 2. The lowest BCUT2D eigenvalue weighted by Crippen LogP contribution is -2.43. The van der Waals surface area contributed by atoms with E-state index in [1.165, 1.54) is 0 Å². The van der Waals surface area contributed by atoms with Gasteiger partial charge in [0.15, 0.2) is 0 Å². The number of benzene rings is 2. The Balaban J connectivity index is 2.15. The molecule has 23 heavy (non-hydrogen) atoms. The van der Waals surface area contributed by atoms with E-state index in [1.807, 2.05) is 60.7 Å². The van der Waals surface area contributed by atoms with Crippen LogP contribution in [0.15, 0.2) is 60.7 Å². The smallest absolute Gasteiger partial charge is 0.237 e. The first-order valence-electron chi connectivity index (χ1n) is 7.52. The third-order valence-electron chi connectivity index (χ3n) is 3.59. The zero-order valence-electron chi connectivity index (χ0n) is 12.8. The molecule has 5 heteroatoms. The van der Waals surface area contributed by atoms with Gasteiger partial charge in [-0.3, -0.25) is 9.59 Å². The predicted molar refractivity (Wildman–Crippen MR) is 89.3 cm³/mol. The molecule has 0 fully saturated rings. The summed E-state index contributed by atoms with van der Waals surface area (Å²) in [5, 5.41) is 2.96. The van der Waals surface area contributed by atoms with Crippen molar-refractivity contribution >= 4 is 11.8 Å². The van der Waals surface area contributed by atoms with E-state index in [-0.39, 0.29) is 24.8 Å². The van der Waals surface area contributed by atoms with Crippen LogP contribution in [0.25, 0.3) is 0 Å². The number of primary amides is 1. The second kappa shape index (κ2) is 8.10. The Bertz CT molecular complexity index is 604.